The smallest absolute Gasteiger partial charge is 0.276 e. The van der Waals surface area contributed by atoms with Gasteiger partial charge in [0.05, 0.1) is 0 Å². The number of anilines is 2. The van der Waals surface area contributed by atoms with E-state index in [0.29, 0.717) is 11.5 Å². The topological polar surface area (TPSA) is 71.2 Å². The molecule has 1 aromatic carbocycles. The number of pyridine rings is 1. The van der Waals surface area contributed by atoms with E-state index in [-0.39, 0.29) is 5.91 Å². The number of nitrogens with zero attached hydrogens (tertiary/aromatic N) is 2. The van der Waals surface area contributed by atoms with Crippen molar-refractivity contribution in [2.24, 2.45) is 5.84 Å². The number of para-hydroxylation sites is 1. The van der Waals surface area contributed by atoms with Gasteiger partial charge in [-0.15, -0.1) is 0 Å². The maximum absolute atomic E-state index is 12.4. The molecule has 0 atom stereocenters. The number of benzene rings is 1. The second-order valence-electron chi connectivity index (χ2n) is 4.20. The van der Waals surface area contributed by atoms with Gasteiger partial charge in [0.25, 0.3) is 5.91 Å². The summed E-state index contributed by atoms with van der Waals surface area (Å²) in [6.45, 7) is 1.96. The largest absolute Gasteiger partial charge is 0.310 e. The summed E-state index contributed by atoms with van der Waals surface area (Å²) in [5.74, 6) is 5.58. The van der Waals surface area contributed by atoms with E-state index in [1.165, 1.54) is 0 Å². The average molecular weight is 256 g/mol. The highest BCUT2D eigenvalue weighted by molar-refractivity contribution is 6.04. The molecular weight excluding hydrogens is 240 g/mol. The molecule has 2 aromatic rings. The van der Waals surface area contributed by atoms with Crippen LogP contribution in [0.1, 0.15) is 16.1 Å². The Morgan fingerprint density at radius 3 is 2.63 bits per heavy atom. The van der Waals surface area contributed by atoms with E-state index < -0.39 is 0 Å². The molecule has 0 bridgehead atoms. The Bertz CT molecular complexity index is 598. The van der Waals surface area contributed by atoms with Gasteiger partial charge in [-0.05, 0) is 30.7 Å². The molecule has 3 N–H and O–H groups in total. The maximum atomic E-state index is 12.4. The highest BCUT2D eigenvalue weighted by Crippen LogP contribution is 2.19. The number of aromatic nitrogens is 1. The van der Waals surface area contributed by atoms with Gasteiger partial charge >= 0.3 is 0 Å². The molecule has 0 fully saturated rings. The number of aryl methyl sites for hydroxylation is 1. The fourth-order valence-corrected chi connectivity index (χ4v) is 1.86. The first-order valence-electron chi connectivity index (χ1n) is 5.91. The number of rotatable bonds is 3. The maximum Gasteiger partial charge on any atom is 0.276 e. The van der Waals surface area contributed by atoms with Gasteiger partial charge in [0, 0.05) is 12.7 Å². The van der Waals surface area contributed by atoms with E-state index in [4.69, 9.17) is 5.84 Å². The van der Waals surface area contributed by atoms with Crippen molar-refractivity contribution >= 4 is 17.4 Å². The molecule has 1 aromatic heterocycles. The van der Waals surface area contributed by atoms with Gasteiger partial charge in [0.15, 0.2) is 0 Å². The quantitative estimate of drug-likeness (QED) is 0.650. The minimum atomic E-state index is -0.175. The van der Waals surface area contributed by atoms with Gasteiger partial charge in [-0.1, -0.05) is 24.3 Å². The van der Waals surface area contributed by atoms with Crippen molar-refractivity contribution in [3.63, 3.8) is 0 Å². The third-order valence-electron chi connectivity index (χ3n) is 2.90. The monoisotopic (exact) mass is 256 g/mol. The first-order valence-corrected chi connectivity index (χ1v) is 5.91. The first-order chi connectivity index (χ1) is 9.13. The number of hydrazine groups is 1. The lowest BCUT2D eigenvalue weighted by Crippen LogP contribution is -2.28. The molecule has 0 aliphatic heterocycles. The Morgan fingerprint density at radius 1 is 1.21 bits per heavy atom. The number of amides is 1. The molecule has 5 nitrogen and oxygen atoms in total. The van der Waals surface area contributed by atoms with Crippen molar-refractivity contribution in [1.29, 1.82) is 0 Å². The van der Waals surface area contributed by atoms with E-state index >= 15 is 0 Å². The summed E-state index contributed by atoms with van der Waals surface area (Å²) in [6, 6.07) is 12.8. The molecule has 1 amide bonds. The van der Waals surface area contributed by atoms with Crippen LogP contribution in [0.15, 0.2) is 42.5 Å². The van der Waals surface area contributed by atoms with Gasteiger partial charge in [-0.3, -0.25) is 4.79 Å². The SMILES string of the molecule is Cc1ccccc1N(C)C(=O)c1cccc(NN)n1. The van der Waals surface area contributed by atoms with Gasteiger partial charge in [-0.2, -0.15) is 0 Å². The minimum Gasteiger partial charge on any atom is -0.310 e. The van der Waals surface area contributed by atoms with Crippen molar-refractivity contribution in [2.75, 3.05) is 17.4 Å². The van der Waals surface area contributed by atoms with E-state index in [1.807, 2.05) is 31.2 Å². The summed E-state index contributed by atoms with van der Waals surface area (Å²) in [5.41, 5.74) is 4.67. The zero-order valence-electron chi connectivity index (χ0n) is 10.9. The second-order valence-corrected chi connectivity index (χ2v) is 4.20. The van der Waals surface area contributed by atoms with Crippen LogP contribution in [0.2, 0.25) is 0 Å². The number of nitrogens with two attached hydrogens (primary N) is 1. The molecule has 2 rings (SSSR count). The number of nitrogen functional groups attached to an aromatic ring is 1. The molecule has 0 radical (unpaired) electrons. The van der Waals surface area contributed by atoms with Crippen LogP contribution in [-0.4, -0.2) is 17.9 Å². The average Bonchev–Trinajstić information content (AvgIpc) is 2.46. The van der Waals surface area contributed by atoms with Gasteiger partial charge < -0.3 is 10.3 Å². The first kappa shape index (κ1) is 13.0. The number of carbonyl (C=O) groups is 1. The van der Waals surface area contributed by atoms with Crippen molar-refractivity contribution < 1.29 is 4.79 Å². The molecule has 1 heterocycles. The van der Waals surface area contributed by atoms with Crippen molar-refractivity contribution in [3.05, 3.63) is 53.7 Å². The Labute approximate surface area is 112 Å². The van der Waals surface area contributed by atoms with Crippen molar-refractivity contribution in [2.45, 2.75) is 6.92 Å². The standard InChI is InChI=1S/C14H16N4O/c1-10-6-3-4-8-12(10)18(2)14(19)11-7-5-9-13(16-11)17-15/h3-9H,15H2,1-2H3,(H,16,17). The molecule has 0 saturated carbocycles. The third-order valence-corrected chi connectivity index (χ3v) is 2.90. The summed E-state index contributed by atoms with van der Waals surface area (Å²) in [5, 5.41) is 0. The predicted octanol–water partition coefficient (Wildman–Crippen LogP) is 1.95. The van der Waals surface area contributed by atoms with E-state index in [2.05, 4.69) is 10.4 Å². The van der Waals surface area contributed by atoms with Crippen LogP contribution in [0.3, 0.4) is 0 Å². The van der Waals surface area contributed by atoms with Crippen molar-refractivity contribution in [3.8, 4) is 0 Å². The molecule has 98 valence electrons. The fourth-order valence-electron chi connectivity index (χ4n) is 1.86. The summed E-state index contributed by atoms with van der Waals surface area (Å²) in [6.07, 6.45) is 0. The Balaban J connectivity index is 2.31. The molecule has 0 spiro atoms. The number of hydrogen-bond donors (Lipinski definition) is 2. The number of nitrogens with one attached hydrogen (secondary N) is 1. The lowest BCUT2D eigenvalue weighted by atomic mass is 10.2. The second kappa shape index (κ2) is 5.49. The van der Waals surface area contributed by atoms with Crippen LogP contribution >= 0.6 is 0 Å². The minimum absolute atomic E-state index is 0.175. The van der Waals surface area contributed by atoms with E-state index in [9.17, 15) is 4.79 Å². The molecular formula is C14H16N4O. The van der Waals surface area contributed by atoms with Crippen LogP contribution in [0.5, 0.6) is 0 Å². The molecule has 19 heavy (non-hydrogen) atoms. The lowest BCUT2D eigenvalue weighted by molar-refractivity contribution is 0.0988. The Hall–Kier alpha value is -2.40. The highest BCUT2D eigenvalue weighted by Gasteiger charge is 2.16. The van der Waals surface area contributed by atoms with Crippen LogP contribution in [-0.2, 0) is 0 Å². The summed E-state index contributed by atoms with van der Waals surface area (Å²) in [7, 11) is 1.73. The number of carbonyl (C=O) groups excluding carboxylic acids is 1. The van der Waals surface area contributed by atoms with E-state index in [0.717, 1.165) is 11.3 Å². The van der Waals surface area contributed by atoms with Crippen LogP contribution in [0, 0.1) is 6.92 Å². The van der Waals surface area contributed by atoms with Crippen LogP contribution < -0.4 is 16.2 Å². The fraction of sp³-hybridized carbons (Fsp3) is 0.143. The third kappa shape index (κ3) is 2.71. The zero-order valence-corrected chi connectivity index (χ0v) is 10.9. The van der Waals surface area contributed by atoms with Gasteiger partial charge in [-0.25, -0.2) is 10.8 Å². The van der Waals surface area contributed by atoms with Gasteiger partial charge in [0.2, 0.25) is 0 Å². The Kier molecular flexibility index (Phi) is 3.77. The molecule has 0 saturated heterocycles. The van der Waals surface area contributed by atoms with Crippen LogP contribution in [0.25, 0.3) is 0 Å². The zero-order chi connectivity index (χ0) is 13.8. The van der Waals surface area contributed by atoms with Gasteiger partial charge in [0.1, 0.15) is 11.5 Å². The molecule has 0 unspecified atom stereocenters. The molecule has 5 heteroatoms. The normalized spacial score (nSPS) is 10.1. The Morgan fingerprint density at radius 2 is 1.95 bits per heavy atom. The summed E-state index contributed by atoms with van der Waals surface area (Å²) < 4.78 is 0. The van der Waals surface area contributed by atoms with Crippen molar-refractivity contribution in [1.82, 2.24) is 4.98 Å². The lowest BCUT2D eigenvalue weighted by Gasteiger charge is -2.19. The number of hydrogen-bond acceptors (Lipinski definition) is 4. The summed E-state index contributed by atoms with van der Waals surface area (Å²) in [4.78, 5) is 18.1. The molecule has 0 aliphatic rings. The highest BCUT2D eigenvalue weighted by atomic mass is 16.2. The summed E-state index contributed by atoms with van der Waals surface area (Å²) >= 11 is 0. The molecule has 0 aliphatic carbocycles. The predicted molar refractivity (Wildman–Crippen MR) is 76.0 cm³/mol. The van der Waals surface area contributed by atoms with Crippen LogP contribution in [0.4, 0.5) is 11.5 Å². The van der Waals surface area contributed by atoms with E-state index in [1.54, 1.807) is 30.1 Å².